The number of carbonyl (C=O) groups excluding carboxylic acids is 1. The van der Waals surface area contributed by atoms with Crippen LogP contribution in [0.25, 0.3) is 0 Å². The highest BCUT2D eigenvalue weighted by Crippen LogP contribution is 2.11. The highest BCUT2D eigenvalue weighted by Gasteiger charge is 2.11. The molecule has 0 unspecified atom stereocenters. The van der Waals surface area contributed by atoms with Crippen LogP contribution in [0.15, 0.2) is 42.0 Å². The molecule has 0 aliphatic rings. The molecular formula is C14H14N4O2S. The van der Waals surface area contributed by atoms with Gasteiger partial charge < -0.3 is 4.74 Å². The third-order valence-corrected chi connectivity index (χ3v) is 3.31. The summed E-state index contributed by atoms with van der Waals surface area (Å²) in [5.74, 6) is 0.437. The van der Waals surface area contributed by atoms with Crippen LogP contribution in [-0.2, 0) is 0 Å². The Morgan fingerprint density at radius 3 is 2.86 bits per heavy atom. The highest BCUT2D eigenvalue weighted by atomic mass is 32.1. The molecule has 1 amide bonds. The van der Waals surface area contributed by atoms with Gasteiger partial charge in [-0.1, -0.05) is 17.1 Å². The summed E-state index contributed by atoms with van der Waals surface area (Å²) in [4.78, 5) is 12.2. The lowest BCUT2D eigenvalue weighted by atomic mass is 10.2. The predicted molar refractivity (Wildman–Crippen MR) is 81.8 cm³/mol. The normalized spacial score (nSPS) is 10.5. The van der Waals surface area contributed by atoms with Crippen molar-refractivity contribution < 1.29 is 9.53 Å². The Kier molecular flexibility index (Phi) is 5.16. The number of rotatable bonds is 6. The number of ether oxygens (including phenoxy) is 1. The monoisotopic (exact) mass is 302 g/mol. The minimum Gasteiger partial charge on any atom is -0.490 e. The molecule has 21 heavy (non-hydrogen) atoms. The predicted octanol–water partition coefficient (Wildman–Crippen LogP) is 2.18. The molecule has 0 spiro atoms. The van der Waals surface area contributed by atoms with E-state index in [-0.39, 0.29) is 5.91 Å². The van der Waals surface area contributed by atoms with Gasteiger partial charge in [-0.2, -0.15) is 5.10 Å². The van der Waals surface area contributed by atoms with Crippen LogP contribution in [0.2, 0.25) is 0 Å². The second-order valence-corrected chi connectivity index (χ2v) is 4.81. The third kappa shape index (κ3) is 4.22. The molecule has 6 nitrogen and oxygen atoms in total. The van der Waals surface area contributed by atoms with Crippen molar-refractivity contribution in [3.8, 4) is 5.75 Å². The number of amides is 1. The second-order valence-electron chi connectivity index (χ2n) is 4.06. The van der Waals surface area contributed by atoms with Crippen LogP contribution in [0.4, 0.5) is 0 Å². The van der Waals surface area contributed by atoms with Crippen LogP contribution in [0.5, 0.6) is 5.75 Å². The zero-order valence-electron chi connectivity index (χ0n) is 11.4. The number of carbonyl (C=O) groups is 1. The van der Waals surface area contributed by atoms with Crippen molar-refractivity contribution in [1.29, 1.82) is 0 Å². The molecule has 0 aliphatic heterocycles. The highest BCUT2D eigenvalue weighted by molar-refractivity contribution is 7.07. The van der Waals surface area contributed by atoms with E-state index >= 15 is 0 Å². The van der Waals surface area contributed by atoms with Gasteiger partial charge in [0.25, 0.3) is 5.91 Å². The fourth-order valence-corrected chi connectivity index (χ4v) is 2.01. The number of hydrogen-bond acceptors (Lipinski definition) is 6. The van der Waals surface area contributed by atoms with E-state index in [1.807, 2.05) is 24.3 Å². The molecule has 0 bridgehead atoms. The lowest BCUT2D eigenvalue weighted by Crippen LogP contribution is -2.17. The molecule has 0 aliphatic carbocycles. The van der Waals surface area contributed by atoms with E-state index in [4.69, 9.17) is 4.74 Å². The first-order valence-corrected chi connectivity index (χ1v) is 6.94. The van der Waals surface area contributed by atoms with E-state index in [0.29, 0.717) is 17.2 Å². The zero-order valence-corrected chi connectivity index (χ0v) is 12.3. The standard InChI is InChI=1S/C14H14N4O2S/c1-3-8-20-12-6-4-11(5-7-12)9-15-17-14(19)13-10(2)16-18-21-13/h3-7,9H,1,8H2,2H3,(H,17,19)/b15-9-. The van der Waals surface area contributed by atoms with E-state index in [1.54, 1.807) is 19.2 Å². The molecule has 0 saturated carbocycles. The Morgan fingerprint density at radius 2 is 2.24 bits per heavy atom. The first-order chi connectivity index (χ1) is 10.2. The fourth-order valence-electron chi connectivity index (χ4n) is 1.46. The minimum atomic E-state index is -0.315. The van der Waals surface area contributed by atoms with Crippen LogP contribution in [0, 0.1) is 6.92 Å². The molecule has 0 atom stereocenters. The molecule has 0 saturated heterocycles. The number of benzene rings is 1. The number of nitrogens with zero attached hydrogens (tertiary/aromatic N) is 3. The van der Waals surface area contributed by atoms with Crippen molar-refractivity contribution >= 4 is 23.7 Å². The Morgan fingerprint density at radius 1 is 1.48 bits per heavy atom. The van der Waals surface area contributed by atoms with Gasteiger partial charge >= 0.3 is 0 Å². The molecule has 2 aromatic rings. The van der Waals surface area contributed by atoms with E-state index in [0.717, 1.165) is 22.8 Å². The van der Waals surface area contributed by atoms with Gasteiger partial charge in [-0.15, -0.1) is 5.10 Å². The average Bonchev–Trinajstić information content (AvgIpc) is 2.92. The fraction of sp³-hybridized carbons (Fsp3) is 0.143. The summed E-state index contributed by atoms with van der Waals surface area (Å²) >= 11 is 1.04. The SMILES string of the molecule is C=CCOc1ccc(/C=N\NC(=O)c2snnc2C)cc1. The van der Waals surface area contributed by atoms with Gasteiger partial charge in [0.1, 0.15) is 17.2 Å². The van der Waals surface area contributed by atoms with Gasteiger partial charge in [0, 0.05) is 0 Å². The lowest BCUT2D eigenvalue weighted by Gasteiger charge is -2.02. The number of hydrogen-bond donors (Lipinski definition) is 1. The number of aromatic nitrogens is 2. The topological polar surface area (TPSA) is 76.5 Å². The quantitative estimate of drug-likeness (QED) is 0.504. The molecule has 1 aromatic heterocycles. The Balaban J connectivity index is 1.91. The van der Waals surface area contributed by atoms with Crippen LogP contribution in [0.1, 0.15) is 20.9 Å². The largest absolute Gasteiger partial charge is 0.490 e. The Labute approximate surface area is 126 Å². The van der Waals surface area contributed by atoms with Gasteiger partial charge in [0.05, 0.1) is 11.9 Å². The summed E-state index contributed by atoms with van der Waals surface area (Å²) in [5.41, 5.74) is 3.88. The number of aryl methyl sites for hydroxylation is 1. The molecule has 0 fully saturated rings. The molecule has 1 aromatic carbocycles. The third-order valence-electron chi connectivity index (χ3n) is 2.49. The molecule has 108 valence electrons. The number of nitrogens with one attached hydrogen (secondary N) is 1. The first kappa shape index (κ1) is 14.9. The number of hydrazone groups is 1. The second kappa shape index (κ2) is 7.30. The van der Waals surface area contributed by atoms with Gasteiger partial charge in [-0.05, 0) is 48.3 Å². The van der Waals surface area contributed by atoms with E-state index < -0.39 is 0 Å². The maximum Gasteiger partial charge on any atom is 0.285 e. The van der Waals surface area contributed by atoms with Crippen LogP contribution < -0.4 is 10.2 Å². The molecule has 1 heterocycles. The van der Waals surface area contributed by atoms with Crippen molar-refractivity contribution in [2.24, 2.45) is 5.10 Å². The zero-order chi connectivity index (χ0) is 15.1. The molecule has 7 heteroatoms. The molecule has 2 rings (SSSR count). The first-order valence-electron chi connectivity index (χ1n) is 6.17. The van der Waals surface area contributed by atoms with Crippen molar-refractivity contribution in [3.05, 3.63) is 53.1 Å². The van der Waals surface area contributed by atoms with E-state index in [1.165, 1.54) is 0 Å². The summed E-state index contributed by atoms with van der Waals surface area (Å²) in [6, 6.07) is 7.33. The molecular weight excluding hydrogens is 288 g/mol. The smallest absolute Gasteiger partial charge is 0.285 e. The van der Waals surface area contributed by atoms with Crippen molar-refractivity contribution in [3.63, 3.8) is 0 Å². The van der Waals surface area contributed by atoms with Gasteiger partial charge in [-0.25, -0.2) is 5.43 Å². The maximum atomic E-state index is 11.8. The lowest BCUT2D eigenvalue weighted by molar-refractivity contribution is 0.0958. The summed E-state index contributed by atoms with van der Waals surface area (Å²) in [6.07, 6.45) is 3.24. The summed E-state index contributed by atoms with van der Waals surface area (Å²) in [6.45, 7) is 5.77. The van der Waals surface area contributed by atoms with Gasteiger partial charge in [0.15, 0.2) is 0 Å². The Hall–Kier alpha value is -2.54. The van der Waals surface area contributed by atoms with Crippen LogP contribution >= 0.6 is 11.5 Å². The van der Waals surface area contributed by atoms with Crippen LogP contribution in [0.3, 0.4) is 0 Å². The molecule has 0 radical (unpaired) electrons. The van der Waals surface area contributed by atoms with Crippen molar-refractivity contribution in [1.82, 2.24) is 15.0 Å². The molecule has 1 N–H and O–H groups in total. The van der Waals surface area contributed by atoms with Gasteiger partial charge in [0.2, 0.25) is 0 Å². The van der Waals surface area contributed by atoms with E-state index in [9.17, 15) is 4.79 Å². The Bertz CT molecular complexity index is 649. The average molecular weight is 302 g/mol. The minimum absolute atomic E-state index is 0.315. The van der Waals surface area contributed by atoms with Crippen LogP contribution in [-0.4, -0.2) is 28.3 Å². The van der Waals surface area contributed by atoms with Gasteiger partial charge in [-0.3, -0.25) is 4.79 Å². The van der Waals surface area contributed by atoms with Crippen molar-refractivity contribution in [2.45, 2.75) is 6.92 Å². The summed E-state index contributed by atoms with van der Waals surface area (Å²) in [7, 11) is 0. The summed E-state index contributed by atoms with van der Waals surface area (Å²) < 4.78 is 9.07. The van der Waals surface area contributed by atoms with E-state index in [2.05, 4.69) is 26.7 Å². The summed E-state index contributed by atoms with van der Waals surface area (Å²) in [5, 5.41) is 7.67. The maximum absolute atomic E-state index is 11.8. The van der Waals surface area contributed by atoms with Crippen molar-refractivity contribution in [2.75, 3.05) is 6.61 Å².